The van der Waals surface area contributed by atoms with Crippen LogP contribution in [0.25, 0.3) is 6.08 Å². The number of hydrogen-bond acceptors (Lipinski definition) is 5. The van der Waals surface area contributed by atoms with Crippen LogP contribution < -0.4 is 10.2 Å². The summed E-state index contributed by atoms with van der Waals surface area (Å²) in [7, 11) is 0. The normalized spacial score (nSPS) is 17.5. The summed E-state index contributed by atoms with van der Waals surface area (Å²) in [6.45, 7) is 7.66. The van der Waals surface area contributed by atoms with E-state index in [-0.39, 0.29) is 6.54 Å². The largest absolute Gasteiger partial charge is 0.372 e. The van der Waals surface area contributed by atoms with Crippen LogP contribution in [-0.2, 0) is 9.59 Å². The van der Waals surface area contributed by atoms with Crippen LogP contribution in [0.1, 0.15) is 35.1 Å². The molecule has 0 atom stereocenters. The minimum absolute atomic E-state index is 0.303. The van der Waals surface area contributed by atoms with Gasteiger partial charge in [0.25, 0.3) is 11.1 Å². The second-order valence-corrected chi connectivity index (χ2v) is 9.31. The van der Waals surface area contributed by atoms with Crippen molar-refractivity contribution in [3.8, 4) is 0 Å². The number of amides is 3. The third-order valence-corrected chi connectivity index (χ3v) is 6.84. The van der Waals surface area contributed by atoms with Crippen LogP contribution >= 0.6 is 11.8 Å². The first kappa shape index (κ1) is 22.1. The van der Waals surface area contributed by atoms with Gasteiger partial charge in [-0.25, -0.2) is 0 Å². The highest BCUT2D eigenvalue weighted by Crippen LogP contribution is 2.33. The Labute approximate surface area is 192 Å². The smallest absolute Gasteiger partial charge is 0.294 e. The first-order chi connectivity index (χ1) is 15.3. The van der Waals surface area contributed by atoms with E-state index in [0.717, 1.165) is 52.0 Å². The highest BCUT2D eigenvalue weighted by molar-refractivity contribution is 8.18. The monoisotopic (exact) mass is 449 g/mol. The van der Waals surface area contributed by atoms with Gasteiger partial charge in [0.1, 0.15) is 6.54 Å². The minimum Gasteiger partial charge on any atom is -0.372 e. The van der Waals surface area contributed by atoms with E-state index < -0.39 is 17.1 Å². The molecule has 2 aliphatic rings. The van der Waals surface area contributed by atoms with Crippen LogP contribution in [-0.4, -0.2) is 41.6 Å². The molecule has 2 aromatic rings. The van der Waals surface area contributed by atoms with Crippen molar-refractivity contribution in [3.63, 3.8) is 0 Å². The lowest BCUT2D eigenvalue weighted by Crippen LogP contribution is -2.36. The van der Waals surface area contributed by atoms with E-state index in [1.807, 2.05) is 45.0 Å². The molecule has 6 nitrogen and oxygen atoms in total. The molecule has 0 aliphatic carbocycles. The Kier molecular flexibility index (Phi) is 6.37. The number of hydrogen-bond donors (Lipinski definition) is 1. The zero-order valence-corrected chi connectivity index (χ0v) is 19.4. The molecular weight excluding hydrogens is 422 g/mol. The van der Waals surface area contributed by atoms with Crippen LogP contribution in [0.5, 0.6) is 0 Å². The fourth-order valence-corrected chi connectivity index (χ4v) is 4.93. The van der Waals surface area contributed by atoms with Gasteiger partial charge < -0.3 is 10.2 Å². The molecule has 32 heavy (non-hydrogen) atoms. The maximum atomic E-state index is 12.9. The lowest BCUT2D eigenvalue weighted by atomic mass is 10.1. The summed E-state index contributed by atoms with van der Waals surface area (Å²) in [4.78, 5) is 41.6. The molecule has 0 saturated carbocycles. The molecule has 2 aliphatic heterocycles. The van der Waals surface area contributed by atoms with Crippen LogP contribution in [0.3, 0.4) is 0 Å². The second-order valence-electron chi connectivity index (χ2n) is 8.32. The molecule has 2 fully saturated rings. The van der Waals surface area contributed by atoms with E-state index in [4.69, 9.17) is 0 Å². The van der Waals surface area contributed by atoms with Crippen molar-refractivity contribution in [3.05, 3.63) is 63.6 Å². The SMILES string of the molecule is Cc1cc(N2CCCC2)ccc1/C=C1\SC(=O)N(CC(=O)Nc2c(C)cccc2C)C1=O. The fourth-order valence-electron chi connectivity index (χ4n) is 4.11. The number of rotatable bonds is 5. The number of nitrogens with one attached hydrogen (secondary N) is 1. The lowest BCUT2D eigenvalue weighted by molar-refractivity contribution is -0.127. The molecule has 2 saturated heterocycles. The lowest BCUT2D eigenvalue weighted by Gasteiger charge is -2.18. The van der Waals surface area contributed by atoms with Gasteiger partial charge in [0.15, 0.2) is 0 Å². The molecule has 0 spiro atoms. The number of carbonyl (C=O) groups excluding carboxylic acids is 3. The van der Waals surface area contributed by atoms with Crippen molar-refractivity contribution in [1.29, 1.82) is 0 Å². The molecule has 2 aromatic carbocycles. The Morgan fingerprint density at radius 2 is 1.72 bits per heavy atom. The fraction of sp³-hybridized carbons (Fsp3) is 0.320. The van der Waals surface area contributed by atoms with Gasteiger partial charge in [-0.05, 0) is 85.8 Å². The Morgan fingerprint density at radius 1 is 1.03 bits per heavy atom. The number of anilines is 2. The van der Waals surface area contributed by atoms with Crippen molar-refractivity contribution in [2.75, 3.05) is 29.9 Å². The van der Waals surface area contributed by atoms with E-state index in [1.165, 1.54) is 18.5 Å². The first-order valence-corrected chi connectivity index (χ1v) is 11.6. The van der Waals surface area contributed by atoms with Crippen LogP contribution in [0, 0.1) is 20.8 Å². The molecule has 0 aromatic heterocycles. The van der Waals surface area contributed by atoms with E-state index in [1.54, 1.807) is 6.08 Å². The van der Waals surface area contributed by atoms with Crippen LogP contribution in [0.15, 0.2) is 41.3 Å². The Balaban J connectivity index is 1.46. The maximum Gasteiger partial charge on any atom is 0.294 e. The first-order valence-electron chi connectivity index (χ1n) is 10.8. The van der Waals surface area contributed by atoms with E-state index in [9.17, 15) is 14.4 Å². The number of nitrogens with zero attached hydrogens (tertiary/aromatic N) is 2. The number of benzene rings is 2. The minimum atomic E-state index is -0.431. The summed E-state index contributed by atoms with van der Waals surface area (Å²) in [6, 6.07) is 11.9. The van der Waals surface area contributed by atoms with Gasteiger partial charge in [-0.1, -0.05) is 24.3 Å². The summed E-state index contributed by atoms with van der Waals surface area (Å²) < 4.78 is 0. The van der Waals surface area contributed by atoms with Gasteiger partial charge in [-0.3, -0.25) is 19.3 Å². The number of aryl methyl sites for hydroxylation is 3. The Morgan fingerprint density at radius 3 is 2.38 bits per heavy atom. The highest BCUT2D eigenvalue weighted by atomic mass is 32.2. The highest BCUT2D eigenvalue weighted by Gasteiger charge is 2.36. The van der Waals surface area contributed by atoms with Crippen LogP contribution in [0.4, 0.5) is 16.2 Å². The number of imide groups is 1. The molecule has 3 amide bonds. The third kappa shape index (κ3) is 4.58. The summed E-state index contributed by atoms with van der Waals surface area (Å²) >= 11 is 0.878. The van der Waals surface area contributed by atoms with Gasteiger partial charge in [-0.15, -0.1) is 0 Å². The van der Waals surface area contributed by atoms with Crippen molar-refractivity contribution in [2.24, 2.45) is 0 Å². The van der Waals surface area contributed by atoms with Crippen molar-refractivity contribution in [1.82, 2.24) is 4.90 Å². The standard InChI is InChI=1S/C25H27N3O3S/c1-16-7-6-8-17(2)23(16)26-22(29)15-28-24(30)21(32-25(28)31)14-19-9-10-20(13-18(19)3)27-11-4-5-12-27/h6-10,13-14H,4-5,11-12,15H2,1-3H3,(H,26,29)/b21-14-. The molecule has 7 heteroatoms. The average molecular weight is 450 g/mol. The summed E-state index contributed by atoms with van der Waals surface area (Å²) in [6.07, 6.45) is 4.17. The van der Waals surface area contributed by atoms with Crippen molar-refractivity contribution in [2.45, 2.75) is 33.6 Å². The Hall–Kier alpha value is -3.06. The number of para-hydroxylation sites is 1. The topological polar surface area (TPSA) is 69.7 Å². The van der Waals surface area contributed by atoms with Gasteiger partial charge >= 0.3 is 0 Å². The van der Waals surface area contributed by atoms with E-state index in [2.05, 4.69) is 22.3 Å². The zero-order chi connectivity index (χ0) is 22.8. The zero-order valence-electron chi connectivity index (χ0n) is 18.6. The molecule has 0 bridgehead atoms. The van der Waals surface area contributed by atoms with E-state index in [0.29, 0.717) is 10.6 Å². The summed E-state index contributed by atoms with van der Waals surface area (Å²) in [5.41, 5.74) is 5.72. The van der Waals surface area contributed by atoms with Crippen molar-refractivity contribution < 1.29 is 14.4 Å². The average Bonchev–Trinajstić information content (AvgIpc) is 3.37. The van der Waals surface area contributed by atoms with Gasteiger partial charge in [0.2, 0.25) is 5.91 Å². The molecule has 0 radical (unpaired) electrons. The molecule has 4 rings (SSSR count). The molecular formula is C25H27N3O3S. The summed E-state index contributed by atoms with van der Waals surface area (Å²) in [5, 5.41) is 2.41. The van der Waals surface area contributed by atoms with Crippen molar-refractivity contribution >= 4 is 46.3 Å². The van der Waals surface area contributed by atoms with E-state index >= 15 is 0 Å². The third-order valence-electron chi connectivity index (χ3n) is 5.93. The summed E-state index contributed by atoms with van der Waals surface area (Å²) in [5.74, 6) is -0.822. The quantitative estimate of drug-likeness (QED) is 0.659. The second kappa shape index (κ2) is 9.20. The number of carbonyl (C=O) groups is 3. The van der Waals surface area contributed by atoms with Gasteiger partial charge in [0.05, 0.1) is 4.91 Å². The molecule has 166 valence electrons. The maximum absolute atomic E-state index is 12.9. The predicted molar refractivity (Wildman–Crippen MR) is 130 cm³/mol. The Bertz CT molecular complexity index is 1100. The molecule has 0 unspecified atom stereocenters. The number of thioether (sulfide) groups is 1. The molecule has 2 heterocycles. The predicted octanol–water partition coefficient (Wildman–Crippen LogP) is 4.89. The molecule has 1 N–H and O–H groups in total. The van der Waals surface area contributed by atoms with Crippen LogP contribution in [0.2, 0.25) is 0 Å². The van der Waals surface area contributed by atoms with Gasteiger partial charge in [-0.2, -0.15) is 0 Å². The van der Waals surface area contributed by atoms with Gasteiger partial charge in [0, 0.05) is 24.5 Å².